The topological polar surface area (TPSA) is 71.8 Å². The molecule has 2 aromatic rings. The van der Waals surface area contributed by atoms with Crippen molar-refractivity contribution in [3.05, 3.63) is 42.2 Å². The van der Waals surface area contributed by atoms with Crippen molar-refractivity contribution in [2.45, 2.75) is 6.61 Å². The van der Waals surface area contributed by atoms with Gasteiger partial charge in [-0.1, -0.05) is 0 Å². The van der Waals surface area contributed by atoms with Gasteiger partial charge >= 0.3 is 0 Å². The third kappa shape index (κ3) is 2.91. The number of hydrogen-bond donors (Lipinski definition) is 2. The van der Waals surface area contributed by atoms with Crippen LogP contribution in [0, 0.1) is 0 Å². The molecule has 0 bridgehead atoms. The van der Waals surface area contributed by atoms with E-state index in [2.05, 4.69) is 4.99 Å². The summed E-state index contributed by atoms with van der Waals surface area (Å²) < 4.78 is 5.43. The van der Waals surface area contributed by atoms with Gasteiger partial charge in [0.25, 0.3) is 0 Å². The number of halogens is 1. The third-order valence-corrected chi connectivity index (χ3v) is 2.65. The molecule has 0 aliphatic rings. The molecule has 0 saturated carbocycles. The Balaban J connectivity index is 2.22. The molecule has 3 N–H and O–H groups in total. The fraction of sp³-hybridized carbons (Fsp3) is 0.154. The summed E-state index contributed by atoms with van der Waals surface area (Å²) in [4.78, 5) is 4.13. The van der Waals surface area contributed by atoms with E-state index in [-0.39, 0.29) is 12.5 Å². The Morgan fingerprint density at radius 3 is 2.50 bits per heavy atom. The molecule has 2 rings (SSSR count). The second-order valence-corrected chi connectivity index (χ2v) is 3.97. The van der Waals surface area contributed by atoms with Gasteiger partial charge in [0, 0.05) is 5.56 Å². The molecule has 1 aromatic carbocycles. The zero-order valence-corrected chi connectivity index (χ0v) is 10.4. The second-order valence-electron chi connectivity index (χ2n) is 3.71. The Hall–Kier alpha value is -1.78. The lowest BCUT2D eigenvalue weighted by atomic mass is 10.1. The summed E-state index contributed by atoms with van der Waals surface area (Å²) in [6.45, 7) is -0.103. The van der Waals surface area contributed by atoms with Crippen LogP contribution in [-0.4, -0.2) is 16.8 Å². The van der Waals surface area contributed by atoms with Crippen LogP contribution >= 0.6 is 11.6 Å². The Morgan fingerprint density at radius 1 is 1.22 bits per heavy atom. The first-order valence-electron chi connectivity index (χ1n) is 5.42. The third-order valence-electron chi connectivity index (χ3n) is 2.38. The summed E-state index contributed by atoms with van der Waals surface area (Å²) >= 11 is 5.55. The molecule has 0 fully saturated rings. The molecular weight excluding hydrogens is 252 g/mol. The highest BCUT2D eigenvalue weighted by Gasteiger charge is 2.03. The van der Waals surface area contributed by atoms with Crippen LogP contribution in [0.25, 0.3) is 11.3 Å². The fourth-order valence-corrected chi connectivity index (χ4v) is 1.57. The number of nitrogens with two attached hydrogens (primary N) is 1. The van der Waals surface area contributed by atoms with Gasteiger partial charge in [-0.25, -0.2) is 4.99 Å². The molecule has 4 nitrogen and oxygen atoms in total. The Kier molecular flexibility index (Phi) is 4.02. The lowest BCUT2D eigenvalue weighted by molar-refractivity contribution is 0.248. The molecule has 5 heteroatoms. The van der Waals surface area contributed by atoms with Gasteiger partial charge in [0.15, 0.2) is 0 Å². The number of alkyl halides is 1. The number of aliphatic imine (C=N–C) groups is 1. The van der Waals surface area contributed by atoms with Gasteiger partial charge in [0.05, 0.1) is 11.6 Å². The van der Waals surface area contributed by atoms with E-state index in [1.165, 1.54) is 0 Å². The smallest absolute Gasteiger partial charge is 0.134 e. The van der Waals surface area contributed by atoms with Gasteiger partial charge < -0.3 is 15.3 Å². The van der Waals surface area contributed by atoms with Crippen LogP contribution in [0.2, 0.25) is 0 Å². The minimum Gasteiger partial charge on any atom is -0.459 e. The Morgan fingerprint density at radius 2 is 1.94 bits per heavy atom. The molecule has 1 heterocycles. The summed E-state index contributed by atoms with van der Waals surface area (Å²) in [5.74, 6) is 1.84. The molecule has 0 unspecified atom stereocenters. The quantitative estimate of drug-likeness (QED) is 0.507. The summed E-state index contributed by atoms with van der Waals surface area (Å²) in [6, 6.07) is 11.0. The summed E-state index contributed by atoms with van der Waals surface area (Å²) in [6.07, 6.45) is 0. The maximum atomic E-state index is 8.93. The Labute approximate surface area is 110 Å². The fourth-order valence-electron chi connectivity index (χ4n) is 1.51. The summed E-state index contributed by atoms with van der Waals surface area (Å²) in [5, 5.41) is 8.93. The zero-order chi connectivity index (χ0) is 13.0. The van der Waals surface area contributed by atoms with E-state index in [0.29, 0.717) is 17.4 Å². The van der Waals surface area contributed by atoms with E-state index >= 15 is 0 Å². The predicted octanol–water partition coefficient (Wildman–Crippen LogP) is 2.67. The molecular formula is C13H13ClN2O2. The first-order valence-corrected chi connectivity index (χ1v) is 5.95. The van der Waals surface area contributed by atoms with E-state index < -0.39 is 0 Å². The van der Waals surface area contributed by atoms with Gasteiger partial charge in [0.2, 0.25) is 0 Å². The average molecular weight is 265 g/mol. The molecule has 1 aromatic heterocycles. The first-order chi connectivity index (χ1) is 8.72. The van der Waals surface area contributed by atoms with Crippen molar-refractivity contribution >= 4 is 23.1 Å². The van der Waals surface area contributed by atoms with E-state index in [9.17, 15) is 0 Å². The van der Waals surface area contributed by atoms with Crippen molar-refractivity contribution in [1.82, 2.24) is 0 Å². The highest BCUT2D eigenvalue weighted by atomic mass is 35.5. The van der Waals surface area contributed by atoms with Crippen molar-refractivity contribution in [3.63, 3.8) is 0 Å². The minimum atomic E-state index is -0.103. The first kappa shape index (κ1) is 12.7. The van der Waals surface area contributed by atoms with E-state index in [1.54, 1.807) is 6.07 Å². The minimum absolute atomic E-state index is 0.103. The van der Waals surface area contributed by atoms with Crippen LogP contribution in [0.15, 0.2) is 45.8 Å². The number of furan rings is 1. The van der Waals surface area contributed by atoms with Gasteiger partial charge in [0.1, 0.15) is 24.0 Å². The SMILES string of the molecule is NC(CCl)=Nc1ccc(-c2ccc(CO)o2)cc1. The Bertz CT molecular complexity index is 546. The zero-order valence-electron chi connectivity index (χ0n) is 9.64. The van der Waals surface area contributed by atoms with Crippen LogP contribution in [0.1, 0.15) is 5.76 Å². The molecule has 0 aliphatic carbocycles. The number of amidine groups is 1. The predicted molar refractivity (Wildman–Crippen MR) is 72.1 cm³/mol. The number of nitrogens with zero attached hydrogens (tertiary/aromatic N) is 1. The summed E-state index contributed by atoms with van der Waals surface area (Å²) in [5.41, 5.74) is 7.20. The van der Waals surface area contributed by atoms with Gasteiger partial charge in [-0.2, -0.15) is 0 Å². The molecule has 0 aliphatic heterocycles. The summed E-state index contributed by atoms with van der Waals surface area (Å²) in [7, 11) is 0. The highest BCUT2D eigenvalue weighted by Crippen LogP contribution is 2.24. The highest BCUT2D eigenvalue weighted by molar-refractivity contribution is 6.28. The standard InChI is InChI=1S/C13H13ClN2O2/c14-7-13(15)16-10-3-1-9(2-4-10)12-6-5-11(8-17)18-12/h1-6,17H,7-8H2,(H2,15,16). The molecule has 0 amide bonds. The van der Waals surface area contributed by atoms with Crippen molar-refractivity contribution in [3.8, 4) is 11.3 Å². The lowest BCUT2D eigenvalue weighted by Gasteiger charge is -1.99. The lowest BCUT2D eigenvalue weighted by Crippen LogP contribution is -2.12. The van der Waals surface area contributed by atoms with Crippen LogP contribution in [0.5, 0.6) is 0 Å². The van der Waals surface area contributed by atoms with Crippen molar-refractivity contribution in [2.75, 3.05) is 5.88 Å². The van der Waals surface area contributed by atoms with E-state index in [0.717, 1.165) is 11.3 Å². The van der Waals surface area contributed by atoms with Crippen molar-refractivity contribution < 1.29 is 9.52 Å². The molecule has 0 spiro atoms. The van der Waals surface area contributed by atoms with Gasteiger partial charge in [-0.15, -0.1) is 11.6 Å². The maximum Gasteiger partial charge on any atom is 0.134 e. The van der Waals surface area contributed by atoms with Gasteiger partial charge in [-0.05, 0) is 36.4 Å². The van der Waals surface area contributed by atoms with Crippen LogP contribution < -0.4 is 5.73 Å². The number of benzene rings is 1. The van der Waals surface area contributed by atoms with Crippen molar-refractivity contribution in [1.29, 1.82) is 0 Å². The second kappa shape index (κ2) is 5.71. The average Bonchev–Trinajstić information content (AvgIpc) is 2.88. The molecule has 18 heavy (non-hydrogen) atoms. The molecule has 0 saturated heterocycles. The maximum absolute atomic E-state index is 8.93. The number of aliphatic hydroxyl groups is 1. The van der Waals surface area contributed by atoms with Crippen molar-refractivity contribution in [2.24, 2.45) is 10.7 Å². The number of rotatable bonds is 4. The van der Waals surface area contributed by atoms with Crippen LogP contribution in [-0.2, 0) is 6.61 Å². The molecule has 0 radical (unpaired) electrons. The normalized spacial score (nSPS) is 11.8. The van der Waals surface area contributed by atoms with Crippen LogP contribution in [0.4, 0.5) is 5.69 Å². The van der Waals surface area contributed by atoms with Crippen LogP contribution in [0.3, 0.4) is 0 Å². The molecule has 94 valence electrons. The largest absolute Gasteiger partial charge is 0.459 e. The molecule has 0 atom stereocenters. The monoisotopic (exact) mass is 264 g/mol. The number of hydrogen-bond acceptors (Lipinski definition) is 3. The van der Waals surface area contributed by atoms with E-state index in [1.807, 2.05) is 30.3 Å². The number of aliphatic hydroxyl groups excluding tert-OH is 1. The van der Waals surface area contributed by atoms with Gasteiger partial charge in [-0.3, -0.25) is 0 Å². The van der Waals surface area contributed by atoms with E-state index in [4.69, 9.17) is 26.9 Å².